The highest BCUT2D eigenvalue weighted by Gasteiger charge is 2.35. The fourth-order valence-corrected chi connectivity index (χ4v) is 3.39. The summed E-state index contributed by atoms with van der Waals surface area (Å²) in [4.78, 5) is 29.1. The molecule has 1 fully saturated rings. The third-order valence-electron chi connectivity index (χ3n) is 4.71. The Hall–Kier alpha value is -2.33. The van der Waals surface area contributed by atoms with Gasteiger partial charge in [0.05, 0.1) is 0 Å². The SMILES string of the molecule is Cc1cccc(C(=O)N2CCN(c3cccc(Cl)c3C)C(=O)[C@@H]2C)c1. The monoisotopic (exact) mass is 356 g/mol. The molecule has 0 spiro atoms. The van der Waals surface area contributed by atoms with Gasteiger partial charge in [-0.05, 0) is 50.6 Å². The minimum Gasteiger partial charge on any atom is -0.325 e. The van der Waals surface area contributed by atoms with E-state index in [0.717, 1.165) is 16.8 Å². The number of aryl methyl sites for hydroxylation is 1. The summed E-state index contributed by atoms with van der Waals surface area (Å²) in [5, 5.41) is 0.635. The van der Waals surface area contributed by atoms with Gasteiger partial charge in [-0.3, -0.25) is 9.59 Å². The van der Waals surface area contributed by atoms with Gasteiger partial charge in [0.1, 0.15) is 6.04 Å². The molecule has 5 heteroatoms. The maximum absolute atomic E-state index is 12.9. The Morgan fingerprint density at radius 1 is 1.12 bits per heavy atom. The summed E-state index contributed by atoms with van der Waals surface area (Å²) in [5.74, 6) is -0.190. The minimum absolute atomic E-state index is 0.0855. The predicted octanol–water partition coefficient (Wildman–Crippen LogP) is 3.83. The van der Waals surface area contributed by atoms with E-state index in [4.69, 9.17) is 11.6 Å². The molecule has 1 atom stereocenters. The summed E-state index contributed by atoms with van der Waals surface area (Å²) in [6.07, 6.45) is 0. The molecular formula is C20H21ClN2O2. The Labute approximate surface area is 153 Å². The Bertz CT molecular complexity index is 834. The van der Waals surface area contributed by atoms with Crippen LogP contribution in [0.15, 0.2) is 42.5 Å². The van der Waals surface area contributed by atoms with E-state index in [-0.39, 0.29) is 11.8 Å². The normalized spacial score (nSPS) is 17.8. The molecule has 4 nitrogen and oxygen atoms in total. The number of piperazine rings is 1. The van der Waals surface area contributed by atoms with Gasteiger partial charge in [0.2, 0.25) is 5.91 Å². The van der Waals surface area contributed by atoms with Crippen LogP contribution in [-0.2, 0) is 4.79 Å². The fourth-order valence-electron chi connectivity index (χ4n) is 3.22. The molecule has 2 aromatic rings. The van der Waals surface area contributed by atoms with Crippen LogP contribution >= 0.6 is 11.6 Å². The van der Waals surface area contributed by atoms with Crippen molar-refractivity contribution in [3.05, 3.63) is 64.2 Å². The van der Waals surface area contributed by atoms with Gasteiger partial charge in [-0.25, -0.2) is 0 Å². The summed E-state index contributed by atoms with van der Waals surface area (Å²) >= 11 is 6.19. The first-order valence-electron chi connectivity index (χ1n) is 8.34. The van der Waals surface area contributed by atoms with Crippen molar-refractivity contribution in [1.82, 2.24) is 4.90 Å². The van der Waals surface area contributed by atoms with E-state index in [0.29, 0.717) is 23.7 Å². The lowest BCUT2D eigenvalue weighted by Crippen LogP contribution is -2.58. The number of anilines is 1. The van der Waals surface area contributed by atoms with E-state index < -0.39 is 6.04 Å². The smallest absolute Gasteiger partial charge is 0.254 e. The molecule has 1 saturated heterocycles. The Balaban J connectivity index is 1.84. The van der Waals surface area contributed by atoms with E-state index in [1.54, 1.807) is 22.8 Å². The number of nitrogens with zero attached hydrogens (tertiary/aromatic N) is 2. The maximum Gasteiger partial charge on any atom is 0.254 e. The zero-order chi connectivity index (χ0) is 18.1. The highest BCUT2D eigenvalue weighted by Crippen LogP contribution is 2.29. The van der Waals surface area contributed by atoms with Crippen LogP contribution in [0.2, 0.25) is 5.02 Å². The molecule has 0 bridgehead atoms. The molecule has 3 rings (SSSR count). The number of hydrogen-bond acceptors (Lipinski definition) is 2. The maximum atomic E-state index is 12.9. The second-order valence-electron chi connectivity index (χ2n) is 6.42. The highest BCUT2D eigenvalue weighted by atomic mass is 35.5. The lowest BCUT2D eigenvalue weighted by molar-refractivity contribution is -0.124. The Kier molecular flexibility index (Phi) is 4.82. The first-order chi connectivity index (χ1) is 11.9. The van der Waals surface area contributed by atoms with Crippen LogP contribution in [0.25, 0.3) is 0 Å². The third kappa shape index (κ3) is 3.27. The van der Waals surface area contributed by atoms with Crippen LogP contribution < -0.4 is 4.90 Å². The van der Waals surface area contributed by atoms with Crippen molar-refractivity contribution < 1.29 is 9.59 Å². The topological polar surface area (TPSA) is 40.6 Å². The molecule has 0 aliphatic carbocycles. The van der Waals surface area contributed by atoms with Crippen LogP contribution in [0.5, 0.6) is 0 Å². The predicted molar refractivity (Wildman–Crippen MR) is 100 cm³/mol. The summed E-state index contributed by atoms with van der Waals surface area (Å²) in [5.41, 5.74) is 3.33. The first-order valence-corrected chi connectivity index (χ1v) is 8.72. The van der Waals surface area contributed by atoms with E-state index in [2.05, 4.69) is 0 Å². The molecule has 2 aromatic carbocycles. The quantitative estimate of drug-likeness (QED) is 0.820. The lowest BCUT2D eigenvalue weighted by atomic mass is 10.1. The van der Waals surface area contributed by atoms with Crippen molar-refractivity contribution in [2.75, 3.05) is 18.0 Å². The molecule has 0 aromatic heterocycles. The second-order valence-corrected chi connectivity index (χ2v) is 6.83. The molecule has 25 heavy (non-hydrogen) atoms. The van der Waals surface area contributed by atoms with Crippen LogP contribution in [0, 0.1) is 13.8 Å². The highest BCUT2D eigenvalue weighted by molar-refractivity contribution is 6.31. The average molecular weight is 357 g/mol. The van der Waals surface area contributed by atoms with Crippen LogP contribution in [0.1, 0.15) is 28.4 Å². The van der Waals surface area contributed by atoms with Crippen LogP contribution in [0.4, 0.5) is 5.69 Å². The Morgan fingerprint density at radius 2 is 1.84 bits per heavy atom. The zero-order valence-electron chi connectivity index (χ0n) is 14.6. The minimum atomic E-state index is -0.514. The summed E-state index contributed by atoms with van der Waals surface area (Å²) < 4.78 is 0. The van der Waals surface area contributed by atoms with Crippen molar-refractivity contribution in [3.8, 4) is 0 Å². The van der Waals surface area contributed by atoms with Gasteiger partial charge in [0, 0.05) is 29.4 Å². The largest absolute Gasteiger partial charge is 0.325 e. The van der Waals surface area contributed by atoms with Crippen molar-refractivity contribution >= 4 is 29.1 Å². The lowest BCUT2D eigenvalue weighted by Gasteiger charge is -2.39. The van der Waals surface area contributed by atoms with Gasteiger partial charge in [0.15, 0.2) is 0 Å². The molecular weight excluding hydrogens is 336 g/mol. The number of amides is 2. The second kappa shape index (κ2) is 6.89. The number of rotatable bonds is 2. The van der Waals surface area contributed by atoms with E-state index in [1.165, 1.54) is 0 Å². The van der Waals surface area contributed by atoms with E-state index in [9.17, 15) is 9.59 Å². The summed E-state index contributed by atoms with van der Waals surface area (Å²) in [7, 11) is 0. The zero-order valence-corrected chi connectivity index (χ0v) is 15.4. The van der Waals surface area contributed by atoms with E-state index in [1.807, 2.05) is 50.2 Å². The van der Waals surface area contributed by atoms with Crippen molar-refractivity contribution in [2.24, 2.45) is 0 Å². The summed E-state index contributed by atoms with van der Waals surface area (Å²) in [6, 6.07) is 12.5. The van der Waals surface area contributed by atoms with Crippen molar-refractivity contribution in [3.63, 3.8) is 0 Å². The number of carbonyl (C=O) groups excluding carboxylic acids is 2. The fraction of sp³-hybridized carbons (Fsp3) is 0.300. The molecule has 130 valence electrons. The molecule has 1 aliphatic rings. The van der Waals surface area contributed by atoms with Gasteiger partial charge in [-0.15, -0.1) is 0 Å². The van der Waals surface area contributed by atoms with Crippen molar-refractivity contribution in [1.29, 1.82) is 0 Å². The van der Waals surface area contributed by atoms with Gasteiger partial charge in [0.25, 0.3) is 5.91 Å². The summed E-state index contributed by atoms with van der Waals surface area (Å²) in [6.45, 7) is 6.58. The third-order valence-corrected chi connectivity index (χ3v) is 5.12. The molecule has 2 amide bonds. The number of halogens is 1. The van der Waals surface area contributed by atoms with Gasteiger partial charge in [-0.2, -0.15) is 0 Å². The molecule has 1 aliphatic heterocycles. The molecule has 0 radical (unpaired) electrons. The number of benzene rings is 2. The van der Waals surface area contributed by atoms with Crippen LogP contribution in [0.3, 0.4) is 0 Å². The molecule has 0 unspecified atom stereocenters. The first kappa shape index (κ1) is 17.5. The van der Waals surface area contributed by atoms with E-state index >= 15 is 0 Å². The number of hydrogen-bond donors (Lipinski definition) is 0. The van der Waals surface area contributed by atoms with Crippen LogP contribution in [-0.4, -0.2) is 35.8 Å². The van der Waals surface area contributed by atoms with Gasteiger partial charge in [-0.1, -0.05) is 35.4 Å². The van der Waals surface area contributed by atoms with Gasteiger partial charge >= 0.3 is 0 Å². The van der Waals surface area contributed by atoms with Crippen molar-refractivity contribution in [2.45, 2.75) is 26.8 Å². The average Bonchev–Trinajstić information content (AvgIpc) is 2.59. The molecule has 0 N–H and O–H groups in total. The Morgan fingerprint density at radius 3 is 2.56 bits per heavy atom. The molecule has 0 saturated carbocycles. The van der Waals surface area contributed by atoms with Gasteiger partial charge < -0.3 is 9.80 Å². The molecule has 1 heterocycles. The standard InChI is InChI=1S/C20H21ClN2O2/c1-13-6-4-7-16(12-13)20(25)22-10-11-23(19(24)15(22)3)18-9-5-8-17(21)14(18)2/h4-9,12,15H,10-11H2,1-3H3/t15-/m0/s1. The number of carbonyl (C=O) groups is 2.